The Hall–Kier alpha value is -1.03. The first-order valence-corrected chi connectivity index (χ1v) is 8.12. The first kappa shape index (κ1) is 16.3. The number of aryl methyl sites for hydroxylation is 1. The van der Waals surface area contributed by atoms with E-state index in [0.717, 1.165) is 37.3 Å². The summed E-state index contributed by atoms with van der Waals surface area (Å²) in [5, 5.41) is 4.70. The van der Waals surface area contributed by atoms with Crippen LogP contribution in [0.3, 0.4) is 0 Å². The van der Waals surface area contributed by atoms with E-state index in [1.54, 1.807) is 0 Å². The molecule has 1 unspecified atom stereocenters. The van der Waals surface area contributed by atoms with Crippen molar-refractivity contribution in [2.24, 2.45) is 0 Å². The third-order valence-electron chi connectivity index (χ3n) is 3.36. The summed E-state index contributed by atoms with van der Waals surface area (Å²) in [5.41, 5.74) is 0.973. The zero-order valence-electron chi connectivity index (χ0n) is 12.4. The number of nitrogens with one attached hydrogen (secondary N) is 1. The molecular formula is C16H21Cl2N3. The highest BCUT2D eigenvalue weighted by Crippen LogP contribution is 2.32. The van der Waals surface area contributed by atoms with Crippen molar-refractivity contribution >= 4 is 23.2 Å². The third-order valence-corrected chi connectivity index (χ3v) is 4.19. The molecule has 0 amide bonds. The number of rotatable bonds is 7. The molecule has 1 heterocycles. The first-order chi connectivity index (χ1) is 10.2. The van der Waals surface area contributed by atoms with Crippen LogP contribution in [0.4, 0.5) is 0 Å². The van der Waals surface area contributed by atoms with Crippen LogP contribution in [0.2, 0.25) is 10.0 Å². The number of benzene rings is 1. The van der Waals surface area contributed by atoms with Crippen LogP contribution in [0.1, 0.15) is 44.1 Å². The Morgan fingerprint density at radius 1 is 1.24 bits per heavy atom. The van der Waals surface area contributed by atoms with Gasteiger partial charge in [0.2, 0.25) is 0 Å². The number of halogens is 2. The minimum Gasteiger partial charge on any atom is -0.333 e. The lowest BCUT2D eigenvalue weighted by Gasteiger charge is -2.21. The predicted molar refractivity (Wildman–Crippen MR) is 89.1 cm³/mol. The fraction of sp³-hybridized carbons (Fsp3) is 0.438. The molecule has 0 saturated heterocycles. The van der Waals surface area contributed by atoms with Crippen molar-refractivity contribution < 1.29 is 0 Å². The van der Waals surface area contributed by atoms with Gasteiger partial charge in [-0.25, -0.2) is 4.98 Å². The summed E-state index contributed by atoms with van der Waals surface area (Å²) in [6, 6.07) is 5.70. The number of hydrogen-bond donors (Lipinski definition) is 1. The maximum absolute atomic E-state index is 6.40. The van der Waals surface area contributed by atoms with Crippen LogP contribution in [0.5, 0.6) is 0 Å². The second-order valence-corrected chi connectivity index (χ2v) is 5.79. The van der Waals surface area contributed by atoms with Gasteiger partial charge in [-0.2, -0.15) is 0 Å². The summed E-state index contributed by atoms with van der Waals surface area (Å²) in [7, 11) is 0. The number of hydrogen-bond acceptors (Lipinski definition) is 2. The van der Waals surface area contributed by atoms with Crippen LogP contribution >= 0.6 is 23.2 Å². The Balaban J connectivity index is 2.42. The van der Waals surface area contributed by atoms with Crippen molar-refractivity contribution in [1.29, 1.82) is 0 Å². The van der Waals surface area contributed by atoms with Gasteiger partial charge in [0, 0.05) is 18.9 Å². The van der Waals surface area contributed by atoms with Gasteiger partial charge in [-0.3, -0.25) is 0 Å². The largest absolute Gasteiger partial charge is 0.333 e. The summed E-state index contributed by atoms with van der Waals surface area (Å²) in [6.45, 7) is 6.14. The molecule has 2 aromatic rings. The van der Waals surface area contributed by atoms with Gasteiger partial charge < -0.3 is 9.88 Å². The summed E-state index contributed by atoms with van der Waals surface area (Å²) >= 11 is 12.6. The topological polar surface area (TPSA) is 29.9 Å². The van der Waals surface area contributed by atoms with Crippen molar-refractivity contribution in [3.8, 4) is 0 Å². The second-order valence-electron chi connectivity index (χ2n) is 5.01. The highest BCUT2D eigenvalue weighted by Gasteiger charge is 2.21. The van der Waals surface area contributed by atoms with E-state index in [-0.39, 0.29) is 6.04 Å². The maximum atomic E-state index is 6.40. The Kier molecular flexibility index (Phi) is 6.09. The molecule has 1 aromatic heterocycles. The summed E-state index contributed by atoms with van der Waals surface area (Å²) in [6.07, 6.45) is 5.96. The fourth-order valence-electron chi connectivity index (χ4n) is 2.38. The minimum atomic E-state index is -0.0438. The van der Waals surface area contributed by atoms with E-state index in [2.05, 4.69) is 28.7 Å². The van der Waals surface area contributed by atoms with Crippen LogP contribution in [0.25, 0.3) is 0 Å². The zero-order chi connectivity index (χ0) is 15.2. The van der Waals surface area contributed by atoms with Gasteiger partial charge in [-0.15, -0.1) is 0 Å². The Bertz CT molecular complexity index is 581. The molecule has 0 bridgehead atoms. The second kappa shape index (κ2) is 7.83. The molecule has 1 N–H and O–H groups in total. The van der Waals surface area contributed by atoms with Crippen LogP contribution in [-0.4, -0.2) is 16.1 Å². The fourth-order valence-corrected chi connectivity index (χ4v) is 2.80. The molecule has 114 valence electrons. The molecule has 3 nitrogen and oxygen atoms in total. The van der Waals surface area contributed by atoms with Crippen LogP contribution < -0.4 is 5.32 Å². The van der Waals surface area contributed by atoms with Crippen LogP contribution in [0.15, 0.2) is 30.6 Å². The highest BCUT2D eigenvalue weighted by molar-refractivity contribution is 6.42. The zero-order valence-corrected chi connectivity index (χ0v) is 14.0. The quantitative estimate of drug-likeness (QED) is 0.800. The SMILES string of the molecule is CCCNC(c1cccc(Cl)c1Cl)c1nccn1CCC. The van der Waals surface area contributed by atoms with E-state index in [4.69, 9.17) is 23.2 Å². The normalized spacial score (nSPS) is 12.6. The number of imidazole rings is 1. The maximum Gasteiger partial charge on any atom is 0.130 e. The lowest BCUT2D eigenvalue weighted by molar-refractivity contribution is 0.530. The molecule has 2 rings (SSSR count). The van der Waals surface area contributed by atoms with E-state index < -0.39 is 0 Å². The molecule has 5 heteroatoms. The molecule has 1 atom stereocenters. The summed E-state index contributed by atoms with van der Waals surface area (Å²) in [4.78, 5) is 4.53. The van der Waals surface area contributed by atoms with Crippen molar-refractivity contribution in [1.82, 2.24) is 14.9 Å². The standard InChI is InChI=1S/C16H21Cl2N3/c1-3-8-19-15(12-6-5-7-13(17)14(12)18)16-20-9-11-21(16)10-4-2/h5-7,9,11,15,19H,3-4,8,10H2,1-2H3. The lowest BCUT2D eigenvalue weighted by Crippen LogP contribution is -2.26. The third kappa shape index (κ3) is 3.79. The molecule has 21 heavy (non-hydrogen) atoms. The van der Waals surface area contributed by atoms with E-state index in [9.17, 15) is 0 Å². The van der Waals surface area contributed by atoms with Crippen molar-refractivity contribution in [3.63, 3.8) is 0 Å². The number of aromatic nitrogens is 2. The van der Waals surface area contributed by atoms with Gasteiger partial charge in [0.05, 0.1) is 16.1 Å². The molecule has 0 saturated carbocycles. The van der Waals surface area contributed by atoms with Gasteiger partial charge in [0.1, 0.15) is 5.82 Å². The summed E-state index contributed by atoms with van der Waals surface area (Å²) < 4.78 is 2.17. The monoisotopic (exact) mass is 325 g/mol. The van der Waals surface area contributed by atoms with Crippen LogP contribution in [-0.2, 0) is 6.54 Å². The van der Waals surface area contributed by atoms with Gasteiger partial charge in [-0.05, 0) is 31.0 Å². The predicted octanol–water partition coefficient (Wildman–Crippen LogP) is 4.69. The van der Waals surface area contributed by atoms with Gasteiger partial charge >= 0.3 is 0 Å². The van der Waals surface area contributed by atoms with Gasteiger partial charge in [-0.1, -0.05) is 49.2 Å². The van der Waals surface area contributed by atoms with Crippen molar-refractivity contribution in [3.05, 3.63) is 52.0 Å². The summed E-state index contributed by atoms with van der Waals surface area (Å²) in [5.74, 6) is 0.981. The van der Waals surface area contributed by atoms with E-state index in [1.807, 2.05) is 30.6 Å². The van der Waals surface area contributed by atoms with Gasteiger partial charge in [0.15, 0.2) is 0 Å². The van der Waals surface area contributed by atoms with Crippen molar-refractivity contribution in [2.75, 3.05) is 6.54 Å². The van der Waals surface area contributed by atoms with Crippen LogP contribution in [0, 0.1) is 0 Å². The molecule has 0 aliphatic rings. The van der Waals surface area contributed by atoms with E-state index in [1.165, 1.54) is 0 Å². The molecule has 1 aromatic carbocycles. The molecule has 0 radical (unpaired) electrons. The van der Waals surface area contributed by atoms with E-state index in [0.29, 0.717) is 10.0 Å². The Morgan fingerprint density at radius 3 is 2.76 bits per heavy atom. The molecule has 0 aliphatic carbocycles. The average Bonchev–Trinajstić information content (AvgIpc) is 2.92. The Morgan fingerprint density at radius 2 is 2.05 bits per heavy atom. The Labute approximate surface area is 136 Å². The molecule has 0 spiro atoms. The smallest absolute Gasteiger partial charge is 0.130 e. The first-order valence-electron chi connectivity index (χ1n) is 7.37. The van der Waals surface area contributed by atoms with Crippen molar-refractivity contribution in [2.45, 2.75) is 39.3 Å². The molecule has 0 fully saturated rings. The van der Waals surface area contributed by atoms with E-state index >= 15 is 0 Å². The lowest BCUT2D eigenvalue weighted by atomic mass is 10.1. The molecule has 0 aliphatic heterocycles. The number of nitrogens with zero attached hydrogens (tertiary/aromatic N) is 2. The molecular weight excluding hydrogens is 305 g/mol. The average molecular weight is 326 g/mol. The minimum absolute atomic E-state index is 0.0438. The highest BCUT2D eigenvalue weighted by atomic mass is 35.5. The van der Waals surface area contributed by atoms with Gasteiger partial charge in [0.25, 0.3) is 0 Å².